The zero-order valence-corrected chi connectivity index (χ0v) is 17.9. The number of H-pyrrole nitrogens is 1. The van der Waals surface area contributed by atoms with Crippen molar-refractivity contribution in [1.82, 2.24) is 34.7 Å². The van der Waals surface area contributed by atoms with Crippen molar-refractivity contribution >= 4 is 22.7 Å². The highest BCUT2D eigenvalue weighted by Gasteiger charge is 2.31. The summed E-state index contributed by atoms with van der Waals surface area (Å²) in [5, 5.41) is 3.83. The SMILES string of the molecule is Cc1cnc(CNC(=O)c2cn3c(n2)C(C)N(C(=O)c2cc4ccccc4[nH]2)CC3)cn1. The average molecular weight is 429 g/mol. The third-order valence-electron chi connectivity index (χ3n) is 5.75. The van der Waals surface area contributed by atoms with Crippen molar-refractivity contribution in [1.29, 1.82) is 0 Å². The van der Waals surface area contributed by atoms with E-state index in [0.29, 0.717) is 36.0 Å². The van der Waals surface area contributed by atoms with Crippen LogP contribution in [0.5, 0.6) is 0 Å². The Morgan fingerprint density at radius 3 is 2.81 bits per heavy atom. The maximum atomic E-state index is 13.2. The van der Waals surface area contributed by atoms with Crippen molar-refractivity contribution in [2.75, 3.05) is 6.54 Å². The van der Waals surface area contributed by atoms with Gasteiger partial charge in [0.1, 0.15) is 17.2 Å². The predicted molar refractivity (Wildman–Crippen MR) is 118 cm³/mol. The lowest BCUT2D eigenvalue weighted by Crippen LogP contribution is -2.41. The highest BCUT2D eigenvalue weighted by Crippen LogP contribution is 2.27. The Kier molecular flexibility index (Phi) is 4.93. The number of aromatic amines is 1. The third-order valence-corrected chi connectivity index (χ3v) is 5.75. The Hall–Kier alpha value is -4.01. The fourth-order valence-corrected chi connectivity index (χ4v) is 3.99. The summed E-state index contributed by atoms with van der Waals surface area (Å²) in [5.41, 5.74) is 3.31. The Labute approximate surface area is 184 Å². The van der Waals surface area contributed by atoms with Gasteiger partial charge in [-0.3, -0.25) is 19.6 Å². The van der Waals surface area contributed by atoms with Crippen molar-refractivity contribution in [3.8, 4) is 0 Å². The highest BCUT2D eigenvalue weighted by molar-refractivity contribution is 5.98. The maximum Gasteiger partial charge on any atom is 0.271 e. The largest absolute Gasteiger partial charge is 0.351 e. The second kappa shape index (κ2) is 7.92. The van der Waals surface area contributed by atoms with Crippen LogP contribution in [0.1, 0.15) is 51.2 Å². The van der Waals surface area contributed by atoms with Gasteiger partial charge in [-0.2, -0.15) is 0 Å². The van der Waals surface area contributed by atoms with E-state index in [2.05, 4.69) is 25.3 Å². The van der Waals surface area contributed by atoms with Gasteiger partial charge < -0.3 is 19.8 Å². The molecular formula is C23H23N7O2. The monoisotopic (exact) mass is 429 g/mol. The molecule has 0 saturated carbocycles. The summed E-state index contributed by atoms with van der Waals surface area (Å²) in [6.45, 7) is 5.18. The van der Waals surface area contributed by atoms with Crippen LogP contribution < -0.4 is 5.32 Å². The van der Waals surface area contributed by atoms with Gasteiger partial charge in [-0.05, 0) is 26.0 Å². The van der Waals surface area contributed by atoms with Gasteiger partial charge in [0, 0.05) is 36.4 Å². The first kappa shape index (κ1) is 19.9. The quantitative estimate of drug-likeness (QED) is 0.518. The number of para-hydroxylation sites is 1. The van der Waals surface area contributed by atoms with E-state index in [-0.39, 0.29) is 24.4 Å². The average Bonchev–Trinajstić information content (AvgIpc) is 3.43. The van der Waals surface area contributed by atoms with Crippen LogP contribution in [0.15, 0.2) is 48.9 Å². The Morgan fingerprint density at radius 1 is 1.19 bits per heavy atom. The van der Waals surface area contributed by atoms with Crippen LogP contribution >= 0.6 is 0 Å². The highest BCUT2D eigenvalue weighted by atomic mass is 16.2. The molecule has 0 spiro atoms. The van der Waals surface area contributed by atoms with Crippen LogP contribution in [-0.4, -0.2) is 47.8 Å². The molecule has 0 bridgehead atoms. The third kappa shape index (κ3) is 3.62. The predicted octanol–water partition coefficient (Wildman–Crippen LogP) is 2.61. The molecule has 1 unspecified atom stereocenters. The second-order valence-corrected chi connectivity index (χ2v) is 7.95. The molecular weight excluding hydrogens is 406 g/mol. The molecule has 9 heteroatoms. The molecule has 4 heterocycles. The fourth-order valence-electron chi connectivity index (χ4n) is 3.99. The Bertz CT molecular complexity index is 1270. The summed E-state index contributed by atoms with van der Waals surface area (Å²) in [7, 11) is 0. The lowest BCUT2D eigenvalue weighted by Gasteiger charge is -2.33. The molecule has 32 heavy (non-hydrogen) atoms. The van der Waals surface area contributed by atoms with E-state index in [1.54, 1.807) is 23.5 Å². The summed E-state index contributed by atoms with van der Waals surface area (Å²) in [6, 6.07) is 9.42. The molecule has 3 aromatic heterocycles. The van der Waals surface area contributed by atoms with Crippen LogP contribution in [0, 0.1) is 6.92 Å². The number of nitrogens with one attached hydrogen (secondary N) is 2. The van der Waals surface area contributed by atoms with Crippen molar-refractivity contribution in [2.24, 2.45) is 0 Å². The number of fused-ring (bicyclic) bond motifs is 2. The molecule has 1 aromatic carbocycles. The van der Waals surface area contributed by atoms with E-state index in [1.165, 1.54) is 0 Å². The number of aromatic nitrogens is 5. The summed E-state index contributed by atoms with van der Waals surface area (Å²) in [5.74, 6) is 0.336. The zero-order chi connectivity index (χ0) is 22.2. The van der Waals surface area contributed by atoms with Gasteiger partial charge >= 0.3 is 0 Å². The molecule has 162 valence electrons. The van der Waals surface area contributed by atoms with Crippen molar-refractivity contribution in [3.63, 3.8) is 0 Å². The standard InChI is InChI=1S/C23H23N7O2/c1-14-10-25-17(11-24-14)12-26-22(31)20-13-29-7-8-30(15(2)21(29)28-20)23(32)19-9-16-5-3-4-6-18(16)27-19/h3-6,9-11,13,15,27H,7-8,12H2,1-2H3,(H,26,31). The smallest absolute Gasteiger partial charge is 0.271 e. The van der Waals surface area contributed by atoms with Crippen LogP contribution in [0.3, 0.4) is 0 Å². The summed E-state index contributed by atoms with van der Waals surface area (Å²) in [6.07, 6.45) is 5.05. The Balaban J connectivity index is 1.31. The maximum absolute atomic E-state index is 13.2. The van der Waals surface area contributed by atoms with Gasteiger partial charge in [-0.25, -0.2) is 4.98 Å². The van der Waals surface area contributed by atoms with E-state index >= 15 is 0 Å². The van der Waals surface area contributed by atoms with Gasteiger partial charge in [0.25, 0.3) is 11.8 Å². The van der Waals surface area contributed by atoms with Gasteiger partial charge in [0.05, 0.1) is 30.2 Å². The molecule has 1 aliphatic heterocycles. The van der Waals surface area contributed by atoms with Gasteiger partial charge in [-0.15, -0.1) is 0 Å². The van der Waals surface area contributed by atoms with E-state index in [0.717, 1.165) is 16.6 Å². The number of carbonyl (C=O) groups excluding carboxylic acids is 2. The molecule has 9 nitrogen and oxygen atoms in total. The van der Waals surface area contributed by atoms with Crippen molar-refractivity contribution in [2.45, 2.75) is 33.0 Å². The zero-order valence-electron chi connectivity index (χ0n) is 17.9. The lowest BCUT2D eigenvalue weighted by atomic mass is 10.2. The van der Waals surface area contributed by atoms with Crippen LogP contribution in [0.4, 0.5) is 0 Å². The van der Waals surface area contributed by atoms with Crippen LogP contribution in [0.25, 0.3) is 10.9 Å². The molecule has 0 aliphatic carbocycles. The number of hydrogen-bond donors (Lipinski definition) is 2. The fraction of sp³-hybridized carbons (Fsp3) is 0.261. The second-order valence-electron chi connectivity index (χ2n) is 7.95. The van der Waals surface area contributed by atoms with E-state index in [9.17, 15) is 9.59 Å². The molecule has 0 saturated heterocycles. The van der Waals surface area contributed by atoms with Gasteiger partial charge in [0.15, 0.2) is 0 Å². The first-order valence-corrected chi connectivity index (χ1v) is 10.5. The summed E-state index contributed by atoms with van der Waals surface area (Å²) in [4.78, 5) is 43.8. The summed E-state index contributed by atoms with van der Waals surface area (Å²) < 4.78 is 1.94. The molecule has 2 amide bonds. The number of imidazole rings is 1. The van der Waals surface area contributed by atoms with Gasteiger partial charge in [-0.1, -0.05) is 18.2 Å². The number of carbonyl (C=O) groups is 2. The minimum Gasteiger partial charge on any atom is -0.351 e. The van der Waals surface area contributed by atoms with Crippen molar-refractivity contribution < 1.29 is 9.59 Å². The summed E-state index contributed by atoms with van der Waals surface area (Å²) >= 11 is 0. The van der Waals surface area contributed by atoms with Gasteiger partial charge in [0.2, 0.25) is 0 Å². The number of aryl methyl sites for hydroxylation is 1. The minimum atomic E-state index is -0.282. The molecule has 0 fully saturated rings. The van der Waals surface area contributed by atoms with E-state index < -0.39 is 0 Å². The first-order valence-electron chi connectivity index (χ1n) is 10.5. The van der Waals surface area contributed by atoms with Crippen LogP contribution in [-0.2, 0) is 13.1 Å². The van der Waals surface area contributed by atoms with Crippen molar-refractivity contribution in [3.05, 3.63) is 77.5 Å². The molecule has 4 aromatic rings. The number of amides is 2. The molecule has 0 radical (unpaired) electrons. The molecule has 1 aliphatic rings. The minimum absolute atomic E-state index is 0.0769. The number of nitrogens with zero attached hydrogens (tertiary/aromatic N) is 5. The molecule has 2 N–H and O–H groups in total. The first-order chi connectivity index (χ1) is 15.5. The van der Waals surface area contributed by atoms with E-state index in [4.69, 9.17) is 0 Å². The molecule has 5 rings (SSSR count). The van der Waals surface area contributed by atoms with Crippen LogP contribution in [0.2, 0.25) is 0 Å². The normalized spacial score (nSPS) is 15.6. The number of hydrogen-bond acceptors (Lipinski definition) is 5. The topological polar surface area (TPSA) is 109 Å². The lowest BCUT2D eigenvalue weighted by molar-refractivity contribution is 0.0632. The van der Waals surface area contributed by atoms with E-state index in [1.807, 2.05) is 48.7 Å². The number of benzene rings is 1. The number of rotatable bonds is 4. The Morgan fingerprint density at radius 2 is 2.03 bits per heavy atom. The molecule has 1 atom stereocenters.